The molecule has 1 aliphatic rings. The Morgan fingerprint density at radius 2 is 1.90 bits per heavy atom. The molecule has 5 nitrogen and oxygen atoms in total. The number of sulfonamides is 1. The van der Waals surface area contributed by atoms with E-state index in [1.807, 2.05) is 20.8 Å². The molecule has 118 valence electrons. The van der Waals surface area contributed by atoms with E-state index < -0.39 is 10.0 Å². The van der Waals surface area contributed by atoms with Crippen LogP contribution in [0.3, 0.4) is 0 Å². The topological polar surface area (TPSA) is 66.5 Å². The highest BCUT2D eigenvalue weighted by Gasteiger charge is 2.29. The van der Waals surface area contributed by atoms with Gasteiger partial charge in [0.05, 0.1) is 10.6 Å². The van der Waals surface area contributed by atoms with E-state index in [2.05, 4.69) is 21.2 Å². The van der Waals surface area contributed by atoms with E-state index in [1.165, 1.54) is 0 Å². The predicted octanol–water partition coefficient (Wildman–Crippen LogP) is 1.73. The highest BCUT2D eigenvalue weighted by atomic mass is 79.9. The van der Waals surface area contributed by atoms with Crippen LogP contribution in [0, 0.1) is 5.92 Å². The van der Waals surface area contributed by atoms with E-state index >= 15 is 0 Å². The van der Waals surface area contributed by atoms with Gasteiger partial charge in [-0.15, -0.1) is 0 Å². The van der Waals surface area contributed by atoms with E-state index in [9.17, 15) is 13.2 Å². The number of carbonyl (C=O) groups excluding carboxylic acids is 1. The summed E-state index contributed by atoms with van der Waals surface area (Å²) in [6.07, 6.45) is 2.01. The molecule has 1 aliphatic heterocycles. The zero-order valence-corrected chi connectivity index (χ0v) is 14.8. The molecule has 0 aromatic rings. The van der Waals surface area contributed by atoms with Crippen LogP contribution in [0.5, 0.6) is 0 Å². The van der Waals surface area contributed by atoms with Crippen LogP contribution < -0.4 is 5.32 Å². The minimum atomic E-state index is -3.10. The number of nitrogens with zero attached hydrogens (tertiary/aromatic N) is 1. The smallest absolute Gasteiger partial charge is 0.234 e. The summed E-state index contributed by atoms with van der Waals surface area (Å²) in [5.74, 6) is 0.441. The Morgan fingerprint density at radius 3 is 2.35 bits per heavy atom. The first-order chi connectivity index (χ1) is 9.27. The van der Waals surface area contributed by atoms with Crippen molar-refractivity contribution < 1.29 is 13.2 Å². The van der Waals surface area contributed by atoms with Gasteiger partial charge < -0.3 is 5.32 Å². The molecule has 0 aliphatic carbocycles. The number of nitrogens with one attached hydrogen (secondary N) is 1. The van der Waals surface area contributed by atoms with Gasteiger partial charge >= 0.3 is 0 Å². The van der Waals surface area contributed by atoms with Crippen molar-refractivity contribution in [2.75, 3.05) is 18.8 Å². The van der Waals surface area contributed by atoms with Crippen LogP contribution in [0.2, 0.25) is 0 Å². The molecule has 0 spiro atoms. The largest absolute Gasteiger partial charge is 0.352 e. The van der Waals surface area contributed by atoms with Crippen LogP contribution in [-0.4, -0.2) is 48.3 Å². The molecule has 0 radical (unpaired) electrons. The quantitative estimate of drug-likeness (QED) is 0.725. The molecule has 1 atom stereocenters. The minimum Gasteiger partial charge on any atom is -0.352 e. The lowest BCUT2D eigenvalue weighted by molar-refractivity contribution is -0.122. The molecule has 1 unspecified atom stereocenters. The summed E-state index contributed by atoms with van der Waals surface area (Å²) in [6.45, 7) is 6.84. The Bertz CT molecular complexity index is 417. The van der Waals surface area contributed by atoms with Crippen molar-refractivity contribution in [2.24, 2.45) is 5.92 Å². The van der Waals surface area contributed by atoms with Crippen LogP contribution >= 0.6 is 15.9 Å². The highest BCUT2D eigenvalue weighted by Crippen LogP contribution is 2.17. The van der Waals surface area contributed by atoms with Crippen LogP contribution in [0.15, 0.2) is 0 Å². The van der Waals surface area contributed by atoms with E-state index in [1.54, 1.807) is 4.31 Å². The third-order valence-corrected chi connectivity index (χ3v) is 7.04. The number of hydrogen-bond donors (Lipinski definition) is 1. The van der Waals surface area contributed by atoms with Crippen LogP contribution in [0.4, 0.5) is 0 Å². The molecule has 1 N–H and O–H groups in total. The number of carbonyl (C=O) groups is 1. The van der Waals surface area contributed by atoms with Gasteiger partial charge in [0, 0.05) is 19.1 Å². The first-order valence-corrected chi connectivity index (χ1v) is 9.72. The van der Waals surface area contributed by atoms with Crippen molar-refractivity contribution in [3.8, 4) is 0 Å². The number of piperidine rings is 1. The zero-order valence-electron chi connectivity index (χ0n) is 12.4. The van der Waals surface area contributed by atoms with Crippen molar-refractivity contribution in [1.29, 1.82) is 0 Å². The first-order valence-electron chi connectivity index (χ1n) is 7.20. The van der Waals surface area contributed by atoms with Gasteiger partial charge in [-0.25, -0.2) is 12.7 Å². The fourth-order valence-corrected chi connectivity index (χ4v) is 3.92. The number of halogens is 1. The summed E-state index contributed by atoms with van der Waals surface area (Å²) in [6, 6.07) is 0.0781. The van der Waals surface area contributed by atoms with Crippen molar-refractivity contribution in [2.45, 2.75) is 50.9 Å². The summed E-state index contributed by atoms with van der Waals surface area (Å²) in [5, 5.41) is 3.00. The molecular formula is C13H25BrN2O3S. The lowest BCUT2D eigenvalue weighted by Crippen LogP contribution is -2.48. The number of amides is 1. The molecule has 1 heterocycles. The fraction of sp³-hybridized carbons (Fsp3) is 0.923. The molecule has 0 bridgehead atoms. The van der Waals surface area contributed by atoms with Gasteiger partial charge in [0.2, 0.25) is 15.9 Å². The van der Waals surface area contributed by atoms with Gasteiger partial charge in [-0.05, 0) is 25.2 Å². The van der Waals surface area contributed by atoms with Gasteiger partial charge in [0.15, 0.2) is 0 Å². The summed E-state index contributed by atoms with van der Waals surface area (Å²) >= 11 is 3.38. The second-order valence-corrected chi connectivity index (χ2v) is 8.72. The summed E-state index contributed by atoms with van der Waals surface area (Å²) in [4.78, 5) is 11.8. The standard InChI is InChI=1S/C13H25BrN2O3S/c1-4-9-20(18,19)16-7-5-11(6-8-16)15-13(17)12(14)10(2)3/h10-12H,4-9H2,1-3H3,(H,15,17). The van der Waals surface area contributed by atoms with Gasteiger partial charge in [-0.1, -0.05) is 36.7 Å². The third kappa shape index (κ3) is 5.00. The monoisotopic (exact) mass is 368 g/mol. The van der Waals surface area contributed by atoms with Crippen molar-refractivity contribution >= 4 is 31.9 Å². The van der Waals surface area contributed by atoms with Gasteiger partial charge in [0.25, 0.3) is 0 Å². The molecular weight excluding hydrogens is 344 g/mol. The van der Waals surface area contributed by atoms with Gasteiger partial charge in [0.1, 0.15) is 0 Å². The molecule has 1 rings (SSSR count). The van der Waals surface area contributed by atoms with E-state index in [0.29, 0.717) is 32.4 Å². The van der Waals surface area contributed by atoms with Crippen molar-refractivity contribution in [3.63, 3.8) is 0 Å². The Balaban J connectivity index is 2.45. The first kappa shape index (κ1) is 17.9. The predicted molar refractivity (Wildman–Crippen MR) is 84.4 cm³/mol. The average molecular weight is 369 g/mol. The Kier molecular flexibility index (Phi) is 6.94. The second-order valence-electron chi connectivity index (χ2n) is 5.64. The lowest BCUT2D eigenvalue weighted by atomic mass is 10.1. The van der Waals surface area contributed by atoms with Crippen molar-refractivity contribution in [3.05, 3.63) is 0 Å². The summed E-state index contributed by atoms with van der Waals surface area (Å²) in [5.41, 5.74) is 0. The van der Waals surface area contributed by atoms with Crippen LogP contribution in [0.1, 0.15) is 40.0 Å². The van der Waals surface area contributed by atoms with Gasteiger partial charge in [-0.3, -0.25) is 4.79 Å². The zero-order chi connectivity index (χ0) is 15.3. The fourth-order valence-electron chi connectivity index (χ4n) is 2.25. The normalized spacial score (nSPS) is 20.1. The van der Waals surface area contributed by atoms with Crippen molar-refractivity contribution in [1.82, 2.24) is 9.62 Å². The maximum atomic E-state index is 11.9. The lowest BCUT2D eigenvalue weighted by Gasteiger charge is -2.32. The van der Waals surface area contributed by atoms with Gasteiger partial charge in [-0.2, -0.15) is 0 Å². The minimum absolute atomic E-state index is 0.00475. The Morgan fingerprint density at radius 1 is 1.35 bits per heavy atom. The molecule has 1 fully saturated rings. The Hall–Kier alpha value is -0.140. The second kappa shape index (κ2) is 7.75. The van der Waals surface area contributed by atoms with E-state index in [4.69, 9.17) is 0 Å². The molecule has 0 saturated carbocycles. The van der Waals surface area contributed by atoms with Crippen LogP contribution in [0.25, 0.3) is 0 Å². The maximum Gasteiger partial charge on any atom is 0.234 e. The molecule has 0 aromatic carbocycles. The summed E-state index contributed by atoms with van der Waals surface area (Å²) < 4.78 is 25.4. The molecule has 20 heavy (non-hydrogen) atoms. The summed E-state index contributed by atoms with van der Waals surface area (Å²) in [7, 11) is -3.10. The Labute approximate surface area is 130 Å². The maximum absolute atomic E-state index is 11.9. The van der Waals surface area contributed by atoms with E-state index in [-0.39, 0.29) is 28.4 Å². The number of alkyl halides is 1. The average Bonchev–Trinajstić information content (AvgIpc) is 2.38. The SMILES string of the molecule is CCCS(=O)(=O)N1CCC(NC(=O)C(Br)C(C)C)CC1. The number of hydrogen-bond acceptors (Lipinski definition) is 3. The molecule has 1 saturated heterocycles. The van der Waals surface area contributed by atoms with E-state index in [0.717, 1.165) is 0 Å². The van der Waals surface area contributed by atoms with Crippen LogP contribution in [-0.2, 0) is 14.8 Å². The molecule has 1 amide bonds. The third-order valence-electron chi connectivity index (χ3n) is 3.49. The molecule has 0 aromatic heterocycles. The number of rotatable bonds is 6. The highest BCUT2D eigenvalue weighted by molar-refractivity contribution is 9.10. The molecule has 7 heteroatoms.